The second kappa shape index (κ2) is 3.02. The third-order valence-electron chi connectivity index (χ3n) is 3.66. The lowest BCUT2D eigenvalue weighted by atomic mass is 9.83. The Morgan fingerprint density at radius 2 is 2.29 bits per heavy atom. The molecule has 1 aliphatic carbocycles. The van der Waals surface area contributed by atoms with Crippen LogP contribution in [0.4, 0.5) is 0 Å². The first-order chi connectivity index (χ1) is 6.92. The van der Waals surface area contributed by atoms with Crippen LogP contribution in [0.3, 0.4) is 0 Å². The summed E-state index contributed by atoms with van der Waals surface area (Å²) in [7, 11) is 0. The van der Waals surface area contributed by atoms with Gasteiger partial charge in [-0.25, -0.2) is 0 Å². The number of hydrogen-bond donors (Lipinski definition) is 2. The second-order valence-electron chi connectivity index (χ2n) is 4.43. The average molecular weight is 193 g/mol. The van der Waals surface area contributed by atoms with Crippen LogP contribution in [-0.4, -0.2) is 33.7 Å². The predicted octanol–water partition coefficient (Wildman–Crippen LogP) is 0.231. The largest absolute Gasteiger partial charge is 0.316 e. The van der Waals surface area contributed by atoms with E-state index in [2.05, 4.69) is 25.9 Å². The van der Waals surface area contributed by atoms with Gasteiger partial charge in [0, 0.05) is 5.41 Å². The molecule has 14 heavy (non-hydrogen) atoms. The fraction of sp³-hybridized carbons (Fsp3) is 0.889. The van der Waals surface area contributed by atoms with Gasteiger partial charge < -0.3 is 5.32 Å². The third-order valence-corrected chi connectivity index (χ3v) is 3.66. The lowest BCUT2D eigenvalue weighted by molar-refractivity contribution is 0.298. The Hall–Kier alpha value is -0.970. The van der Waals surface area contributed by atoms with Crippen molar-refractivity contribution < 1.29 is 0 Å². The molecule has 3 rings (SSSR count). The molecule has 0 amide bonds. The van der Waals surface area contributed by atoms with E-state index in [9.17, 15) is 0 Å². The lowest BCUT2D eigenvalue weighted by Crippen LogP contribution is -2.37. The van der Waals surface area contributed by atoms with Crippen LogP contribution in [0.2, 0.25) is 0 Å². The molecule has 2 fully saturated rings. The van der Waals surface area contributed by atoms with Crippen LogP contribution < -0.4 is 5.32 Å². The molecule has 1 aliphatic heterocycles. The number of aromatic nitrogens is 4. The summed E-state index contributed by atoms with van der Waals surface area (Å²) in [6.07, 6.45) is 5.06. The third kappa shape index (κ3) is 1.15. The van der Waals surface area contributed by atoms with E-state index in [4.69, 9.17) is 0 Å². The van der Waals surface area contributed by atoms with E-state index in [1.54, 1.807) is 0 Å². The molecule has 2 aliphatic rings. The van der Waals surface area contributed by atoms with E-state index in [-0.39, 0.29) is 5.41 Å². The van der Waals surface area contributed by atoms with Crippen LogP contribution in [0.5, 0.6) is 0 Å². The number of nitrogens with one attached hydrogen (secondary N) is 2. The van der Waals surface area contributed by atoms with E-state index < -0.39 is 0 Å². The summed E-state index contributed by atoms with van der Waals surface area (Å²) in [5, 5.41) is 18.0. The van der Waals surface area contributed by atoms with Crippen LogP contribution in [0.15, 0.2) is 0 Å². The lowest BCUT2D eigenvalue weighted by Gasteiger charge is -2.28. The molecule has 0 spiro atoms. The van der Waals surface area contributed by atoms with E-state index in [1.165, 1.54) is 32.2 Å². The van der Waals surface area contributed by atoms with Gasteiger partial charge in [-0.3, -0.25) is 0 Å². The number of aromatic amines is 1. The van der Waals surface area contributed by atoms with Crippen LogP contribution >= 0.6 is 0 Å². The van der Waals surface area contributed by atoms with Crippen molar-refractivity contribution >= 4 is 0 Å². The molecule has 0 radical (unpaired) electrons. The Kier molecular flexibility index (Phi) is 1.80. The molecule has 0 bridgehead atoms. The molecule has 1 aromatic rings. The van der Waals surface area contributed by atoms with E-state index in [0.29, 0.717) is 5.92 Å². The van der Waals surface area contributed by atoms with Gasteiger partial charge in [0.25, 0.3) is 0 Å². The van der Waals surface area contributed by atoms with Crippen LogP contribution in [0.25, 0.3) is 0 Å². The Balaban J connectivity index is 1.82. The van der Waals surface area contributed by atoms with Gasteiger partial charge in [-0.1, -0.05) is 5.21 Å². The van der Waals surface area contributed by atoms with Crippen LogP contribution in [-0.2, 0) is 5.41 Å². The summed E-state index contributed by atoms with van der Waals surface area (Å²) < 4.78 is 0. The first-order valence-corrected chi connectivity index (χ1v) is 5.36. The molecule has 1 aromatic heterocycles. The van der Waals surface area contributed by atoms with Crippen molar-refractivity contribution in [3.05, 3.63) is 5.82 Å². The van der Waals surface area contributed by atoms with Gasteiger partial charge in [-0.2, -0.15) is 5.21 Å². The molecule has 2 N–H and O–H groups in total. The van der Waals surface area contributed by atoms with Gasteiger partial charge >= 0.3 is 0 Å². The summed E-state index contributed by atoms with van der Waals surface area (Å²) >= 11 is 0. The second-order valence-corrected chi connectivity index (χ2v) is 4.43. The minimum absolute atomic E-state index is 0.264. The maximum atomic E-state index is 4.15. The average Bonchev–Trinajstić information content (AvgIpc) is 2.88. The summed E-state index contributed by atoms with van der Waals surface area (Å²) in [5.74, 6) is 1.65. The van der Waals surface area contributed by atoms with Crippen molar-refractivity contribution in [1.29, 1.82) is 0 Å². The summed E-state index contributed by atoms with van der Waals surface area (Å²) in [6.45, 7) is 2.29. The minimum atomic E-state index is 0.264. The Morgan fingerprint density at radius 1 is 1.36 bits per heavy atom. The highest BCUT2D eigenvalue weighted by Crippen LogP contribution is 2.53. The fourth-order valence-corrected chi connectivity index (χ4v) is 2.65. The van der Waals surface area contributed by atoms with Crippen molar-refractivity contribution in [3.63, 3.8) is 0 Å². The normalized spacial score (nSPS) is 30.1. The molecule has 5 nitrogen and oxygen atoms in total. The summed E-state index contributed by atoms with van der Waals surface area (Å²) in [5.41, 5.74) is 0.264. The highest BCUT2D eigenvalue weighted by Gasteiger charge is 2.53. The van der Waals surface area contributed by atoms with Crippen molar-refractivity contribution in [2.24, 2.45) is 5.92 Å². The zero-order valence-electron chi connectivity index (χ0n) is 8.16. The molecule has 5 heteroatoms. The first kappa shape index (κ1) is 8.35. The van der Waals surface area contributed by atoms with E-state index in [0.717, 1.165) is 12.4 Å². The van der Waals surface area contributed by atoms with Crippen LogP contribution in [0, 0.1) is 5.92 Å². The molecule has 1 unspecified atom stereocenters. The Bertz CT molecular complexity index is 297. The number of nitrogens with zero attached hydrogens (tertiary/aromatic N) is 3. The SMILES string of the molecule is C1CNCC(C2(c3nn[nH]n3)CC2)C1. The zero-order valence-corrected chi connectivity index (χ0v) is 8.16. The van der Waals surface area contributed by atoms with Gasteiger partial charge in [-0.05, 0) is 44.7 Å². The predicted molar refractivity (Wildman–Crippen MR) is 50.7 cm³/mol. The number of piperidine rings is 1. The number of rotatable bonds is 2. The van der Waals surface area contributed by atoms with Gasteiger partial charge in [0.1, 0.15) is 0 Å². The highest BCUT2D eigenvalue weighted by atomic mass is 15.5. The summed E-state index contributed by atoms with van der Waals surface area (Å²) in [4.78, 5) is 0. The van der Waals surface area contributed by atoms with Gasteiger partial charge in [0.05, 0.1) is 0 Å². The smallest absolute Gasteiger partial charge is 0.181 e. The summed E-state index contributed by atoms with van der Waals surface area (Å²) in [6, 6.07) is 0. The van der Waals surface area contributed by atoms with E-state index in [1.807, 2.05) is 0 Å². The van der Waals surface area contributed by atoms with Gasteiger partial charge in [0.15, 0.2) is 5.82 Å². The maximum absolute atomic E-state index is 4.15. The van der Waals surface area contributed by atoms with Crippen molar-refractivity contribution in [1.82, 2.24) is 25.9 Å². The standard InChI is InChI=1S/C9H15N5/c1-2-7(6-10-5-1)9(3-4-9)8-11-13-14-12-8/h7,10H,1-6H2,(H,11,12,13,14). The Morgan fingerprint density at radius 3 is 2.86 bits per heavy atom. The first-order valence-electron chi connectivity index (χ1n) is 5.36. The number of tetrazole rings is 1. The van der Waals surface area contributed by atoms with Crippen molar-refractivity contribution in [2.75, 3.05) is 13.1 Å². The van der Waals surface area contributed by atoms with Gasteiger partial charge in [-0.15, -0.1) is 10.2 Å². The number of hydrogen-bond acceptors (Lipinski definition) is 4. The molecule has 1 atom stereocenters. The van der Waals surface area contributed by atoms with Crippen molar-refractivity contribution in [3.8, 4) is 0 Å². The quantitative estimate of drug-likeness (QED) is 0.705. The molecule has 1 saturated heterocycles. The monoisotopic (exact) mass is 193 g/mol. The van der Waals surface area contributed by atoms with Crippen LogP contribution in [0.1, 0.15) is 31.5 Å². The Labute approximate surface area is 82.7 Å². The topological polar surface area (TPSA) is 66.5 Å². The molecule has 2 heterocycles. The van der Waals surface area contributed by atoms with Gasteiger partial charge in [0.2, 0.25) is 0 Å². The minimum Gasteiger partial charge on any atom is -0.316 e. The molecule has 76 valence electrons. The van der Waals surface area contributed by atoms with E-state index >= 15 is 0 Å². The molecule has 0 aromatic carbocycles. The maximum Gasteiger partial charge on any atom is 0.181 e. The zero-order chi connectivity index (χ0) is 9.43. The number of H-pyrrole nitrogens is 1. The molecule has 1 saturated carbocycles. The fourth-order valence-electron chi connectivity index (χ4n) is 2.65. The molecular formula is C9H15N5. The molecular weight excluding hydrogens is 178 g/mol. The highest BCUT2D eigenvalue weighted by molar-refractivity contribution is 5.19. The van der Waals surface area contributed by atoms with Crippen molar-refractivity contribution in [2.45, 2.75) is 31.1 Å².